The van der Waals surface area contributed by atoms with Crippen molar-refractivity contribution in [3.63, 3.8) is 0 Å². The fourth-order valence-electron chi connectivity index (χ4n) is 1.28. The van der Waals surface area contributed by atoms with Gasteiger partial charge in [-0.15, -0.1) is 0 Å². The molecule has 74 valence electrons. The van der Waals surface area contributed by atoms with Gasteiger partial charge in [0, 0.05) is 0 Å². The second-order valence-corrected chi connectivity index (χ2v) is 3.33. The van der Waals surface area contributed by atoms with E-state index in [4.69, 9.17) is 11.5 Å². The molecular weight excluding hydrogens is 150 g/mol. The van der Waals surface area contributed by atoms with Gasteiger partial charge in [0.2, 0.25) is 0 Å². The van der Waals surface area contributed by atoms with E-state index in [1.165, 1.54) is 0 Å². The van der Waals surface area contributed by atoms with Crippen LogP contribution in [0.25, 0.3) is 0 Å². The molecule has 0 spiro atoms. The molecule has 0 aromatic carbocycles. The molecule has 0 aromatic heterocycles. The molecule has 0 saturated heterocycles. The molecule has 0 bridgehead atoms. The lowest BCUT2D eigenvalue weighted by Crippen LogP contribution is -2.53. The van der Waals surface area contributed by atoms with E-state index in [-0.39, 0.29) is 5.66 Å². The Labute approximate surface area is 75.9 Å². The van der Waals surface area contributed by atoms with E-state index in [0.29, 0.717) is 0 Å². The molecule has 0 radical (unpaired) electrons. The Bertz CT molecular complexity index is 106. The van der Waals surface area contributed by atoms with Crippen LogP contribution in [0.3, 0.4) is 0 Å². The van der Waals surface area contributed by atoms with Gasteiger partial charge in [-0.2, -0.15) is 0 Å². The van der Waals surface area contributed by atoms with Crippen LogP contribution in [-0.2, 0) is 0 Å². The van der Waals surface area contributed by atoms with Crippen LogP contribution in [0.15, 0.2) is 0 Å². The molecule has 0 rings (SSSR count). The van der Waals surface area contributed by atoms with E-state index >= 15 is 0 Å². The minimum absolute atomic E-state index is 0.163. The number of nitrogens with two attached hydrogens (primary N) is 2. The second kappa shape index (κ2) is 6.40. The minimum Gasteiger partial charge on any atom is -0.330 e. The fraction of sp³-hybridized carbons (Fsp3) is 1.00. The number of hydrogen-bond donors (Lipinski definition) is 3. The van der Waals surface area contributed by atoms with Gasteiger partial charge in [0.1, 0.15) is 0 Å². The SMILES string of the molecule is CCCC(N)(CC)NCCCN. The van der Waals surface area contributed by atoms with Gasteiger partial charge in [0.25, 0.3) is 0 Å². The Kier molecular flexibility index (Phi) is 6.34. The summed E-state index contributed by atoms with van der Waals surface area (Å²) >= 11 is 0. The van der Waals surface area contributed by atoms with E-state index in [2.05, 4.69) is 19.2 Å². The Morgan fingerprint density at radius 3 is 2.42 bits per heavy atom. The topological polar surface area (TPSA) is 64.1 Å². The van der Waals surface area contributed by atoms with E-state index in [1.807, 2.05) is 0 Å². The standard InChI is InChI=1S/C9H23N3/c1-3-6-9(11,4-2)12-8-5-7-10/h12H,3-8,10-11H2,1-2H3. The molecule has 0 aliphatic rings. The van der Waals surface area contributed by atoms with Crippen LogP contribution in [-0.4, -0.2) is 18.8 Å². The van der Waals surface area contributed by atoms with E-state index in [1.54, 1.807) is 0 Å². The van der Waals surface area contributed by atoms with E-state index in [9.17, 15) is 0 Å². The van der Waals surface area contributed by atoms with Crippen LogP contribution >= 0.6 is 0 Å². The molecule has 12 heavy (non-hydrogen) atoms. The summed E-state index contributed by atoms with van der Waals surface area (Å²) < 4.78 is 0. The van der Waals surface area contributed by atoms with Crippen molar-refractivity contribution in [3.8, 4) is 0 Å². The summed E-state index contributed by atoms with van der Waals surface area (Å²) in [4.78, 5) is 0. The van der Waals surface area contributed by atoms with Crippen molar-refractivity contribution in [2.45, 2.75) is 45.2 Å². The first kappa shape index (κ1) is 11.9. The largest absolute Gasteiger partial charge is 0.330 e. The van der Waals surface area contributed by atoms with Crippen molar-refractivity contribution < 1.29 is 0 Å². The molecule has 1 atom stereocenters. The molecule has 0 saturated carbocycles. The van der Waals surface area contributed by atoms with Gasteiger partial charge in [-0.3, -0.25) is 5.32 Å². The van der Waals surface area contributed by atoms with E-state index in [0.717, 1.165) is 38.8 Å². The molecule has 0 fully saturated rings. The number of rotatable bonds is 7. The molecule has 3 heteroatoms. The summed E-state index contributed by atoms with van der Waals surface area (Å²) in [6.07, 6.45) is 4.14. The average molecular weight is 173 g/mol. The van der Waals surface area contributed by atoms with Crippen molar-refractivity contribution in [2.24, 2.45) is 11.5 Å². The first-order valence-electron chi connectivity index (χ1n) is 4.92. The molecule has 3 nitrogen and oxygen atoms in total. The predicted molar refractivity (Wildman–Crippen MR) is 53.8 cm³/mol. The Morgan fingerprint density at radius 1 is 1.33 bits per heavy atom. The molecule has 5 N–H and O–H groups in total. The molecule has 1 unspecified atom stereocenters. The van der Waals surface area contributed by atoms with Crippen LogP contribution in [0, 0.1) is 0 Å². The first-order valence-corrected chi connectivity index (χ1v) is 4.92. The molecule has 0 aromatic rings. The summed E-state index contributed by atoms with van der Waals surface area (Å²) in [5.74, 6) is 0. The maximum atomic E-state index is 6.10. The van der Waals surface area contributed by atoms with Crippen molar-refractivity contribution in [3.05, 3.63) is 0 Å². The van der Waals surface area contributed by atoms with Gasteiger partial charge in [-0.25, -0.2) is 0 Å². The first-order chi connectivity index (χ1) is 5.68. The molecule has 0 aliphatic carbocycles. The van der Waals surface area contributed by atoms with Gasteiger partial charge in [0.15, 0.2) is 0 Å². The van der Waals surface area contributed by atoms with E-state index < -0.39 is 0 Å². The number of nitrogens with one attached hydrogen (secondary N) is 1. The maximum Gasteiger partial charge on any atom is 0.0659 e. The van der Waals surface area contributed by atoms with Crippen LogP contribution in [0.4, 0.5) is 0 Å². The summed E-state index contributed by atoms with van der Waals surface area (Å²) in [7, 11) is 0. The Balaban J connectivity index is 3.63. The predicted octanol–water partition coefficient (Wildman–Crippen LogP) is 0.790. The minimum atomic E-state index is -0.163. The quantitative estimate of drug-likeness (QED) is 0.394. The summed E-state index contributed by atoms with van der Waals surface area (Å²) in [5, 5.41) is 3.35. The zero-order valence-corrected chi connectivity index (χ0v) is 8.40. The van der Waals surface area contributed by atoms with Crippen LogP contribution < -0.4 is 16.8 Å². The summed E-state index contributed by atoms with van der Waals surface area (Å²) in [6.45, 7) is 5.94. The third kappa shape index (κ3) is 4.70. The normalized spacial score (nSPS) is 16.0. The highest BCUT2D eigenvalue weighted by molar-refractivity contribution is 4.78. The van der Waals surface area contributed by atoms with Crippen LogP contribution in [0.1, 0.15) is 39.5 Å². The van der Waals surface area contributed by atoms with Crippen molar-refractivity contribution in [2.75, 3.05) is 13.1 Å². The Hall–Kier alpha value is -0.120. The monoisotopic (exact) mass is 173 g/mol. The molecule has 0 amide bonds. The van der Waals surface area contributed by atoms with Crippen molar-refractivity contribution in [1.82, 2.24) is 5.32 Å². The second-order valence-electron chi connectivity index (χ2n) is 3.33. The van der Waals surface area contributed by atoms with Gasteiger partial charge in [-0.1, -0.05) is 20.3 Å². The smallest absolute Gasteiger partial charge is 0.0659 e. The maximum absolute atomic E-state index is 6.10. The summed E-state index contributed by atoms with van der Waals surface area (Å²) in [5.41, 5.74) is 11.3. The van der Waals surface area contributed by atoms with Gasteiger partial charge in [0.05, 0.1) is 5.66 Å². The van der Waals surface area contributed by atoms with Gasteiger partial charge >= 0.3 is 0 Å². The fourth-order valence-corrected chi connectivity index (χ4v) is 1.28. The third-order valence-electron chi connectivity index (χ3n) is 2.18. The zero-order valence-electron chi connectivity index (χ0n) is 8.40. The average Bonchev–Trinajstić information content (AvgIpc) is 2.06. The van der Waals surface area contributed by atoms with Crippen molar-refractivity contribution in [1.29, 1.82) is 0 Å². The van der Waals surface area contributed by atoms with Crippen molar-refractivity contribution >= 4 is 0 Å². The zero-order chi connectivity index (χ0) is 9.45. The third-order valence-corrected chi connectivity index (χ3v) is 2.18. The van der Waals surface area contributed by atoms with Gasteiger partial charge in [-0.05, 0) is 32.4 Å². The molecule has 0 aliphatic heterocycles. The highest BCUT2D eigenvalue weighted by Gasteiger charge is 2.19. The van der Waals surface area contributed by atoms with Crippen LogP contribution in [0.5, 0.6) is 0 Å². The lowest BCUT2D eigenvalue weighted by molar-refractivity contribution is 0.297. The van der Waals surface area contributed by atoms with Crippen LogP contribution in [0.2, 0.25) is 0 Å². The van der Waals surface area contributed by atoms with Gasteiger partial charge < -0.3 is 11.5 Å². The Morgan fingerprint density at radius 2 is 2.00 bits per heavy atom. The molecular formula is C9H23N3. The lowest BCUT2D eigenvalue weighted by atomic mass is 10.0. The summed E-state index contributed by atoms with van der Waals surface area (Å²) in [6, 6.07) is 0. The highest BCUT2D eigenvalue weighted by Crippen LogP contribution is 2.09. The molecule has 0 heterocycles. The highest BCUT2D eigenvalue weighted by atomic mass is 15.1. The lowest BCUT2D eigenvalue weighted by Gasteiger charge is -2.29. The number of hydrogen-bond acceptors (Lipinski definition) is 3.